The van der Waals surface area contributed by atoms with Crippen molar-refractivity contribution in [3.05, 3.63) is 40.7 Å². The van der Waals surface area contributed by atoms with Gasteiger partial charge >= 0.3 is 5.97 Å². The number of ether oxygens (including phenoxy) is 1. The molecule has 0 bridgehead atoms. The largest absolute Gasteiger partial charge is 0.489 e. The van der Waals surface area contributed by atoms with Crippen LogP contribution in [0.3, 0.4) is 0 Å². The molecule has 3 aliphatic rings. The molecule has 1 unspecified atom stereocenters. The molecule has 29 heavy (non-hydrogen) atoms. The second kappa shape index (κ2) is 7.78. The number of aliphatic hydroxyl groups is 1. The summed E-state index contributed by atoms with van der Waals surface area (Å²) in [6.45, 7) is 2.48. The van der Waals surface area contributed by atoms with Crippen LogP contribution >= 0.6 is 0 Å². The van der Waals surface area contributed by atoms with Crippen LogP contribution in [0.2, 0.25) is 0 Å². The number of aliphatic carboxylic acids is 1. The number of β-amino-alcohol motifs (C(OH)–C–C–N with tert-alkyl or cyclic N) is 1. The third kappa shape index (κ3) is 4.15. The molecule has 1 heterocycles. The highest BCUT2D eigenvalue weighted by atomic mass is 19.1. The Bertz CT molecular complexity index is 863. The summed E-state index contributed by atoms with van der Waals surface area (Å²) in [6, 6.07) is 1.62. The lowest BCUT2D eigenvalue weighted by molar-refractivity contribution is -0.141. The van der Waals surface area contributed by atoms with Gasteiger partial charge in [0.25, 0.3) is 5.91 Å². The van der Waals surface area contributed by atoms with Crippen molar-refractivity contribution in [2.45, 2.75) is 57.1 Å². The lowest BCUT2D eigenvalue weighted by Crippen LogP contribution is -2.41. The van der Waals surface area contributed by atoms with Crippen molar-refractivity contribution >= 4 is 11.9 Å². The zero-order valence-electron chi connectivity index (χ0n) is 16.4. The van der Waals surface area contributed by atoms with Crippen molar-refractivity contribution in [3.63, 3.8) is 0 Å². The van der Waals surface area contributed by atoms with Crippen LogP contribution in [-0.4, -0.2) is 52.3 Å². The lowest BCUT2D eigenvalue weighted by Gasteiger charge is -2.22. The van der Waals surface area contributed by atoms with E-state index in [2.05, 4.69) is 13.0 Å². The highest BCUT2D eigenvalue weighted by Gasteiger charge is 2.40. The molecule has 4 rings (SSSR count). The number of carbonyl (C=O) groups excluding carboxylic acids is 1. The molecular weight excluding hydrogens is 377 g/mol. The summed E-state index contributed by atoms with van der Waals surface area (Å²) in [6.07, 6.45) is 5.11. The monoisotopic (exact) mass is 403 g/mol. The number of rotatable bonds is 6. The molecule has 0 spiro atoms. The first-order valence-corrected chi connectivity index (χ1v) is 10.2. The first-order valence-electron chi connectivity index (χ1n) is 10.2. The van der Waals surface area contributed by atoms with Gasteiger partial charge in [-0.2, -0.15) is 0 Å². The van der Waals surface area contributed by atoms with Crippen LogP contribution in [0.25, 0.3) is 0 Å². The van der Waals surface area contributed by atoms with E-state index in [1.807, 2.05) is 0 Å². The van der Waals surface area contributed by atoms with E-state index in [4.69, 9.17) is 4.74 Å². The molecule has 7 heteroatoms. The topological polar surface area (TPSA) is 87.1 Å². The second-order valence-electron chi connectivity index (χ2n) is 8.54. The van der Waals surface area contributed by atoms with Crippen LogP contribution in [0, 0.1) is 11.7 Å². The van der Waals surface area contributed by atoms with Gasteiger partial charge in [0.2, 0.25) is 0 Å². The Morgan fingerprint density at radius 3 is 2.69 bits per heavy atom. The maximum Gasteiger partial charge on any atom is 0.326 e. The van der Waals surface area contributed by atoms with Gasteiger partial charge < -0.3 is 19.8 Å². The van der Waals surface area contributed by atoms with Gasteiger partial charge in [-0.05, 0) is 54.7 Å². The first-order chi connectivity index (χ1) is 13.8. The van der Waals surface area contributed by atoms with Gasteiger partial charge in [0.1, 0.15) is 24.2 Å². The average Bonchev–Trinajstić information content (AvgIpc) is 3.31. The van der Waals surface area contributed by atoms with Crippen molar-refractivity contribution < 1.29 is 28.9 Å². The van der Waals surface area contributed by atoms with Crippen molar-refractivity contribution in [2.24, 2.45) is 5.92 Å². The number of allylic oxidation sites excluding steroid dienone is 1. The molecule has 6 nitrogen and oxygen atoms in total. The number of benzene rings is 1. The summed E-state index contributed by atoms with van der Waals surface area (Å²) >= 11 is 0. The van der Waals surface area contributed by atoms with Crippen molar-refractivity contribution in [1.82, 2.24) is 4.90 Å². The average molecular weight is 403 g/mol. The third-order valence-electron chi connectivity index (χ3n) is 6.00. The summed E-state index contributed by atoms with van der Waals surface area (Å²) in [7, 11) is 0. The Balaban J connectivity index is 1.57. The number of amides is 1. The molecule has 1 aromatic rings. The number of halogens is 1. The van der Waals surface area contributed by atoms with Gasteiger partial charge in [0.05, 0.1) is 11.7 Å². The van der Waals surface area contributed by atoms with E-state index in [0.717, 1.165) is 36.1 Å². The van der Waals surface area contributed by atoms with Crippen LogP contribution < -0.4 is 4.74 Å². The van der Waals surface area contributed by atoms with Crippen LogP contribution in [0.1, 0.15) is 60.9 Å². The number of aliphatic hydroxyl groups excluding tert-OH is 1. The van der Waals surface area contributed by atoms with E-state index < -0.39 is 29.8 Å². The van der Waals surface area contributed by atoms with Gasteiger partial charge in [-0.3, -0.25) is 4.79 Å². The molecule has 2 aliphatic carbocycles. The summed E-state index contributed by atoms with van der Waals surface area (Å²) < 4.78 is 20.8. The zero-order chi connectivity index (χ0) is 20.7. The number of hydrogen-bond donors (Lipinski definition) is 2. The highest BCUT2D eigenvalue weighted by Crippen LogP contribution is 2.45. The maximum absolute atomic E-state index is 14.9. The Kier molecular flexibility index (Phi) is 5.34. The number of likely N-dealkylation sites (tertiary alicyclic amines) is 1. The van der Waals surface area contributed by atoms with Crippen molar-refractivity contribution in [3.8, 4) is 5.75 Å². The molecule has 156 valence electrons. The second-order valence-corrected chi connectivity index (χ2v) is 8.54. The van der Waals surface area contributed by atoms with E-state index in [0.29, 0.717) is 18.3 Å². The van der Waals surface area contributed by atoms with E-state index >= 15 is 0 Å². The van der Waals surface area contributed by atoms with Crippen molar-refractivity contribution in [2.75, 3.05) is 13.2 Å². The Hall–Kier alpha value is -2.41. The van der Waals surface area contributed by atoms with E-state index in [-0.39, 0.29) is 24.4 Å². The fourth-order valence-electron chi connectivity index (χ4n) is 4.27. The minimum absolute atomic E-state index is 0.0487. The van der Waals surface area contributed by atoms with Crippen LogP contribution in [-0.2, 0) is 4.79 Å². The number of carboxylic acid groups (broad SMARTS) is 1. The third-order valence-corrected chi connectivity index (χ3v) is 6.00. The molecule has 1 saturated heterocycles. The Morgan fingerprint density at radius 2 is 2.07 bits per heavy atom. The van der Waals surface area contributed by atoms with Gasteiger partial charge in [-0.15, -0.1) is 0 Å². The molecule has 2 fully saturated rings. The molecule has 1 amide bonds. The Labute approximate surface area is 169 Å². The SMILES string of the molecule is CC1CC=C(COc2cc(F)c(C(=O)N3C[C@@H](O)C[C@H]3C(=O)O)cc2C2CC2)C1. The molecule has 0 radical (unpaired) electrons. The molecule has 0 aromatic heterocycles. The Morgan fingerprint density at radius 1 is 1.31 bits per heavy atom. The molecule has 1 saturated carbocycles. The van der Waals surface area contributed by atoms with Gasteiger partial charge in [0, 0.05) is 19.0 Å². The summed E-state index contributed by atoms with van der Waals surface area (Å²) in [5.74, 6) is -1.34. The summed E-state index contributed by atoms with van der Waals surface area (Å²) in [5.41, 5.74) is 1.84. The standard InChI is InChI=1S/C22H26FNO5/c1-12-2-3-13(6-12)11-29-20-9-18(23)17(8-16(20)14-4-5-14)21(26)24-10-15(25)7-19(24)22(27)28/h3,8-9,12,14-15,19,25H,2,4-7,10-11H2,1H3,(H,27,28)/t12?,15-,19-/m0/s1. The van der Waals surface area contributed by atoms with Crippen LogP contribution in [0.5, 0.6) is 5.75 Å². The fraction of sp³-hybridized carbons (Fsp3) is 0.545. The predicted molar refractivity (Wildman–Crippen MR) is 103 cm³/mol. The number of carboxylic acids is 1. The number of hydrogen-bond acceptors (Lipinski definition) is 4. The van der Waals surface area contributed by atoms with E-state index in [9.17, 15) is 24.2 Å². The molecule has 1 aromatic carbocycles. The fourth-order valence-corrected chi connectivity index (χ4v) is 4.27. The quantitative estimate of drug-likeness (QED) is 0.713. The van der Waals surface area contributed by atoms with Crippen LogP contribution in [0.15, 0.2) is 23.8 Å². The highest BCUT2D eigenvalue weighted by molar-refractivity contribution is 5.97. The van der Waals surface area contributed by atoms with Gasteiger partial charge in [0.15, 0.2) is 0 Å². The molecule has 1 aliphatic heterocycles. The van der Waals surface area contributed by atoms with Crippen molar-refractivity contribution in [1.29, 1.82) is 0 Å². The minimum Gasteiger partial charge on any atom is -0.489 e. The van der Waals surface area contributed by atoms with E-state index in [1.54, 1.807) is 0 Å². The molecule has 2 N–H and O–H groups in total. The summed E-state index contributed by atoms with van der Waals surface area (Å²) in [5, 5.41) is 19.1. The first kappa shape index (κ1) is 19.9. The van der Waals surface area contributed by atoms with Crippen LogP contribution in [0.4, 0.5) is 4.39 Å². The van der Waals surface area contributed by atoms with E-state index in [1.165, 1.54) is 17.7 Å². The van der Waals surface area contributed by atoms with Gasteiger partial charge in [-0.25, -0.2) is 9.18 Å². The van der Waals surface area contributed by atoms with Gasteiger partial charge in [-0.1, -0.05) is 13.0 Å². The number of nitrogens with zero attached hydrogens (tertiary/aromatic N) is 1. The molecule has 3 atom stereocenters. The molecular formula is C22H26FNO5. The normalized spacial score (nSPS) is 26.5. The lowest BCUT2D eigenvalue weighted by atomic mass is 10.0. The smallest absolute Gasteiger partial charge is 0.326 e. The minimum atomic E-state index is -1.20. The summed E-state index contributed by atoms with van der Waals surface area (Å²) in [4.78, 5) is 25.4. The zero-order valence-corrected chi connectivity index (χ0v) is 16.4. The number of carbonyl (C=O) groups is 2. The predicted octanol–water partition coefficient (Wildman–Crippen LogP) is 3.10. The maximum atomic E-state index is 14.9.